The minimum absolute atomic E-state index is 0.282. The van der Waals surface area contributed by atoms with E-state index >= 15 is 0 Å². The van der Waals surface area contributed by atoms with Crippen LogP contribution in [0.15, 0.2) is 18.2 Å². The topological polar surface area (TPSA) is 84.9 Å². The Labute approximate surface area is 106 Å². The largest absolute Gasteiger partial charge is 0.464 e. The Bertz CT molecular complexity index is 567. The Morgan fingerprint density at radius 2 is 2.11 bits per heavy atom. The molecule has 1 heterocycles. The van der Waals surface area contributed by atoms with Crippen LogP contribution in [0.25, 0.3) is 0 Å². The van der Waals surface area contributed by atoms with Crippen molar-refractivity contribution < 1.29 is 22.4 Å². The van der Waals surface area contributed by atoms with Crippen molar-refractivity contribution in [3.05, 3.63) is 23.8 Å². The van der Waals surface area contributed by atoms with Gasteiger partial charge in [0.25, 0.3) is 0 Å². The highest BCUT2D eigenvalue weighted by molar-refractivity contribution is 7.87. The Morgan fingerprint density at radius 1 is 1.44 bits per heavy atom. The number of fused-ring (bicyclic) bond motifs is 1. The first-order valence-corrected chi connectivity index (χ1v) is 6.77. The summed E-state index contributed by atoms with van der Waals surface area (Å²) in [6.07, 6.45) is -0.423. The van der Waals surface area contributed by atoms with E-state index < -0.39 is 22.0 Å². The molecule has 6 nitrogen and oxygen atoms in total. The maximum atomic E-state index is 10.8. The molecule has 0 fully saturated rings. The molecule has 0 amide bonds. The van der Waals surface area contributed by atoms with Gasteiger partial charge < -0.3 is 9.47 Å². The predicted octanol–water partition coefficient (Wildman–Crippen LogP) is 1.54. The van der Waals surface area contributed by atoms with E-state index in [1.807, 2.05) is 18.6 Å². The average Bonchev–Trinajstić information content (AvgIpc) is 2.48. The molecule has 1 unspecified atom stereocenters. The molecule has 1 aliphatic heterocycles. The average molecular weight is 273 g/mol. The number of nitrogens with one attached hydrogen (secondary N) is 1. The second-order valence-corrected chi connectivity index (χ2v) is 5.85. The summed E-state index contributed by atoms with van der Waals surface area (Å²) in [7, 11) is -2.72. The summed E-state index contributed by atoms with van der Waals surface area (Å²) in [4.78, 5) is 0. The van der Waals surface area contributed by atoms with Gasteiger partial charge in [-0.1, -0.05) is 0 Å². The van der Waals surface area contributed by atoms with Crippen LogP contribution in [0.2, 0.25) is 0 Å². The second kappa shape index (κ2) is 4.11. The zero-order valence-corrected chi connectivity index (χ0v) is 11.1. The minimum atomic E-state index is -4.27. The van der Waals surface area contributed by atoms with E-state index in [9.17, 15) is 8.42 Å². The minimum Gasteiger partial charge on any atom is -0.464 e. The van der Waals surface area contributed by atoms with Crippen LogP contribution < -0.4 is 9.46 Å². The molecule has 0 bridgehead atoms. The molecule has 1 aliphatic rings. The van der Waals surface area contributed by atoms with Gasteiger partial charge in [-0.05, 0) is 32.0 Å². The first-order valence-electron chi connectivity index (χ1n) is 5.33. The quantitative estimate of drug-likeness (QED) is 0.816. The molecular formula is C11H15NO5S. The smallest absolute Gasteiger partial charge is 0.357 e. The number of benzene rings is 1. The van der Waals surface area contributed by atoms with Gasteiger partial charge in [0.15, 0.2) is 0 Å². The summed E-state index contributed by atoms with van der Waals surface area (Å²) >= 11 is 0. The Hall–Kier alpha value is -1.31. The van der Waals surface area contributed by atoms with Gasteiger partial charge in [0.1, 0.15) is 5.75 Å². The van der Waals surface area contributed by atoms with Gasteiger partial charge in [-0.2, -0.15) is 8.42 Å². The monoisotopic (exact) mass is 273 g/mol. The molecule has 0 aliphatic carbocycles. The summed E-state index contributed by atoms with van der Waals surface area (Å²) in [5.74, 6) is 0.646. The van der Waals surface area contributed by atoms with Crippen LogP contribution in [0.3, 0.4) is 0 Å². The Kier molecular flexibility index (Phi) is 3.00. The molecule has 7 heteroatoms. The van der Waals surface area contributed by atoms with Crippen molar-refractivity contribution >= 4 is 16.0 Å². The first-order chi connectivity index (χ1) is 8.24. The fraction of sp³-hybridized carbons (Fsp3) is 0.455. The number of rotatable bonds is 3. The molecule has 0 spiro atoms. The first kappa shape index (κ1) is 13.1. The summed E-state index contributed by atoms with van der Waals surface area (Å²) in [5, 5.41) is 0. The lowest BCUT2D eigenvalue weighted by Crippen LogP contribution is -2.33. The highest BCUT2D eigenvalue weighted by Crippen LogP contribution is 2.44. The van der Waals surface area contributed by atoms with E-state index in [0.717, 1.165) is 5.56 Å². The standard InChI is InChI=1S/C11H15NO5S/c1-11(2)8-6-7(12-18(13,14)15)4-5-9(8)17-10(11)16-3/h4-6,10,12H,1-3H3,(H,13,14,15). The van der Waals surface area contributed by atoms with E-state index in [0.29, 0.717) is 5.75 Å². The van der Waals surface area contributed by atoms with Gasteiger partial charge in [-0.3, -0.25) is 9.27 Å². The van der Waals surface area contributed by atoms with Crippen LogP contribution in [-0.2, 0) is 20.5 Å². The van der Waals surface area contributed by atoms with Crippen LogP contribution >= 0.6 is 0 Å². The van der Waals surface area contributed by atoms with Crippen LogP contribution in [0.4, 0.5) is 5.69 Å². The second-order valence-electron chi connectivity index (χ2n) is 4.70. The molecule has 0 radical (unpaired) electrons. The van der Waals surface area contributed by atoms with Gasteiger partial charge in [-0.25, -0.2) is 0 Å². The van der Waals surface area contributed by atoms with Gasteiger partial charge in [0.2, 0.25) is 6.29 Å². The third-order valence-electron chi connectivity index (χ3n) is 2.96. The fourth-order valence-corrected chi connectivity index (χ4v) is 2.51. The van der Waals surface area contributed by atoms with Gasteiger partial charge >= 0.3 is 10.3 Å². The third-order valence-corrected chi connectivity index (χ3v) is 3.45. The molecule has 0 saturated carbocycles. The number of hydrogen-bond acceptors (Lipinski definition) is 4. The normalized spacial score (nSPS) is 21.2. The molecule has 1 aromatic carbocycles. The zero-order chi connectivity index (χ0) is 13.6. The summed E-state index contributed by atoms with van der Waals surface area (Å²) in [6, 6.07) is 4.78. The number of methoxy groups -OCH3 is 1. The van der Waals surface area contributed by atoms with Crippen molar-refractivity contribution in [2.45, 2.75) is 25.6 Å². The lowest BCUT2D eigenvalue weighted by atomic mass is 9.85. The van der Waals surface area contributed by atoms with E-state index in [1.54, 1.807) is 19.2 Å². The van der Waals surface area contributed by atoms with Crippen molar-refractivity contribution in [3.8, 4) is 5.75 Å². The van der Waals surface area contributed by atoms with Crippen LogP contribution in [0.5, 0.6) is 5.75 Å². The lowest BCUT2D eigenvalue weighted by molar-refractivity contribution is -0.0779. The molecule has 2 N–H and O–H groups in total. The van der Waals surface area contributed by atoms with Crippen molar-refractivity contribution in [1.82, 2.24) is 0 Å². The van der Waals surface area contributed by atoms with E-state index in [-0.39, 0.29) is 5.69 Å². The maximum Gasteiger partial charge on any atom is 0.357 e. The van der Waals surface area contributed by atoms with E-state index in [2.05, 4.69) is 0 Å². The SMILES string of the molecule is COC1Oc2ccc(NS(=O)(=O)O)cc2C1(C)C. The van der Waals surface area contributed by atoms with Gasteiger partial charge in [0, 0.05) is 12.7 Å². The van der Waals surface area contributed by atoms with Crippen molar-refractivity contribution in [2.24, 2.45) is 0 Å². The maximum absolute atomic E-state index is 10.8. The van der Waals surface area contributed by atoms with Crippen molar-refractivity contribution in [1.29, 1.82) is 0 Å². The molecule has 2 rings (SSSR count). The van der Waals surface area contributed by atoms with Crippen molar-refractivity contribution in [3.63, 3.8) is 0 Å². The summed E-state index contributed by atoms with van der Waals surface area (Å²) < 4.78 is 43.1. The van der Waals surface area contributed by atoms with Crippen LogP contribution in [-0.4, -0.2) is 26.4 Å². The Morgan fingerprint density at radius 3 is 2.67 bits per heavy atom. The number of hydrogen-bond donors (Lipinski definition) is 2. The summed E-state index contributed by atoms with van der Waals surface area (Å²) in [6.45, 7) is 3.87. The highest BCUT2D eigenvalue weighted by atomic mass is 32.2. The van der Waals surface area contributed by atoms with Crippen molar-refractivity contribution in [2.75, 3.05) is 11.8 Å². The fourth-order valence-electron chi connectivity index (χ4n) is 2.08. The third kappa shape index (κ3) is 2.29. The number of ether oxygens (including phenoxy) is 2. The van der Waals surface area contributed by atoms with Gasteiger partial charge in [0.05, 0.1) is 11.1 Å². The Balaban J connectivity index is 2.40. The lowest BCUT2D eigenvalue weighted by Gasteiger charge is -2.24. The summed E-state index contributed by atoms with van der Waals surface area (Å²) in [5.41, 5.74) is 0.703. The predicted molar refractivity (Wildman–Crippen MR) is 66.1 cm³/mol. The zero-order valence-electron chi connectivity index (χ0n) is 10.3. The number of anilines is 1. The highest BCUT2D eigenvalue weighted by Gasteiger charge is 2.42. The molecule has 0 aromatic heterocycles. The van der Waals surface area contributed by atoms with Gasteiger partial charge in [-0.15, -0.1) is 0 Å². The molecule has 18 heavy (non-hydrogen) atoms. The van der Waals surface area contributed by atoms with Crippen LogP contribution in [0, 0.1) is 0 Å². The molecule has 100 valence electrons. The van der Waals surface area contributed by atoms with E-state index in [1.165, 1.54) is 6.07 Å². The molecule has 1 atom stereocenters. The van der Waals surface area contributed by atoms with Crippen LogP contribution in [0.1, 0.15) is 19.4 Å². The molecular weight excluding hydrogens is 258 g/mol. The van der Waals surface area contributed by atoms with E-state index in [4.69, 9.17) is 14.0 Å². The molecule has 0 saturated heterocycles. The molecule has 1 aromatic rings.